The van der Waals surface area contributed by atoms with Crippen LogP contribution in [0.3, 0.4) is 0 Å². The molecule has 1 aliphatic heterocycles. The Morgan fingerprint density at radius 1 is 1.45 bits per heavy atom. The number of hydrogen-bond acceptors (Lipinski definition) is 4. The van der Waals surface area contributed by atoms with E-state index in [1.807, 2.05) is 0 Å². The SMILES string of the molecule is CC1(C)CN(S(=O)(=O)c2ccc(F)c(C#N)c2)CCO1. The summed E-state index contributed by atoms with van der Waals surface area (Å²) in [5, 5.41) is 8.78. The van der Waals surface area contributed by atoms with Crippen LogP contribution in [0.25, 0.3) is 0 Å². The molecule has 2 rings (SSSR count). The average Bonchev–Trinajstić information content (AvgIpc) is 2.37. The quantitative estimate of drug-likeness (QED) is 0.829. The topological polar surface area (TPSA) is 70.4 Å². The minimum absolute atomic E-state index is 0.0758. The fraction of sp³-hybridized carbons (Fsp3) is 0.462. The van der Waals surface area contributed by atoms with E-state index in [1.54, 1.807) is 19.9 Å². The molecular formula is C13H15FN2O3S. The Bertz CT molecular complexity index is 665. The number of halogens is 1. The Kier molecular flexibility index (Phi) is 3.82. The summed E-state index contributed by atoms with van der Waals surface area (Å²) in [4.78, 5) is -0.0758. The zero-order valence-electron chi connectivity index (χ0n) is 11.3. The van der Waals surface area contributed by atoms with E-state index < -0.39 is 21.4 Å². The van der Waals surface area contributed by atoms with Crippen molar-refractivity contribution in [3.05, 3.63) is 29.6 Å². The van der Waals surface area contributed by atoms with Crippen molar-refractivity contribution in [3.63, 3.8) is 0 Å². The normalized spacial score (nSPS) is 19.5. The highest BCUT2D eigenvalue weighted by atomic mass is 32.2. The molecule has 108 valence electrons. The molecule has 1 saturated heterocycles. The molecule has 1 aromatic rings. The minimum Gasteiger partial charge on any atom is -0.373 e. The highest BCUT2D eigenvalue weighted by Crippen LogP contribution is 2.24. The van der Waals surface area contributed by atoms with Crippen molar-refractivity contribution in [2.75, 3.05) is 19.7 Å². The summed E-state index contributed by atoms with van der Waals surface area (Å²) in [6.07, 6.45) is 0. The summed E-state index contributed by atoms with van der Waals surface area (Å²) in [6.45, 7) is 4.37. The van der Waals surface area contributed by atoms with Gasteiger partial charge in [0.25, 0.3) is 0 Å². The number of ether oxygens (including phenoxy) is 1. The van der Waals surface area contributed by atoms with Crippen LogP contribution < -0.4 is 0 Å². The maximum absolute atomic E-state index is 13.3. The van der Waals surface area contributed by atoms with Gasteiger partial charge in [-0.1, -0.05) is 0 Å². The first kappa shape index (κ1) is 14.9. The Morgan fingerprint density at radius 2 is 2.15 bits per heavy atom. The lowest BCUT2D eigenvalue weighted by molar-refractivity contribution is -0.0640. The van der Waals surface area contributed by atoms with Crippen molar-refractivity contribution in [1.29, 1.82) is 5.26 Å². The molecule has 0 spiro atoms. The summed E-state index contributed by atoms with van der Waals surface area (Å²) in [6, 6.07) is 4.88. The molecule has 0 N–H and O–H groups in total. The van der Waals surface area contributed by atoms with Crippen LogP contribution in [-0.4, -0.2) is 38.0 Å². The van der Waals surface area contributed by atoms with E-state index in [0.717, 1.165) is 12.1 Å². The Hall–Kier alpha value is -1.49. The van der Waals surface area contributed by atoms with E-state index in [2.05, 4.69) is 0 Å². The third-order valence-electron chi connectivity index (χ3n) is 3.09. The molecule has 7 heteroatoms. The number of nitriles is 1. The zero-order chi connectivity index (χ0) is 15.0. The molecular weight excluding hydrogens is 283 g/mol. The molecule has 1 aromatic carbocycles. The Labute approximate surface area is 117 Å². The average molecular weight is 298 g/mol. The van der Waals surface area contributed by atoms with Crippen LogP contribution in [0.4, 0.5) is 4.39 Å². The van der Waals surface area contributed by atoms with Crippen LogP contribution in [0.2, 0.25) is 0 Å². The third kappa shape index (κ3) is 2.82. The maximum atomic E-state index is 13.3. The van der Waals surface area contributed by atoms with Crippen molar-refractivity contribution in [2.45, 2.75) is 24.3 Å². The predicted octanol–water partition coefficient (Wildman–Crippen LogP) is 1.50. The molecule has 0 atom stereocenters. The van der Waals surface area contributed by atoms with Crippen molar-refractivity contribution in [2.24, 2.45) is 0 Å². The lowest BCUT2D eigenvalue weighted by Crippen LogP contribution is -2.50. The molecule has 0 amide bonds. The molecule has 1 fully saturated rings. The second kappa shape index (κ2) is 5.13. The lowest BCUT2D eigenvalue weighted by Gasteiger charge is -2.37. The summed E-state index contributed by atoms with van der Waals surface area (Å²) in [7, 11) is -3.75. The van der Waals surface area contributed by atoms with Crippen LogP contribution in [-0.2, 0) is 14.8 Å². The van der Waals surface area contributed by atoms with Gasteiger partial charge in [-0.15, -0.1) is 0 Å². The summed E-state index contributed by atoms with van der Waals surface area (Å²) in [5.74, 6) is -0.728. The van der Waals surface area contributed by atoms with Gasteiger partial charge in [-0.05, 0) is 32.0 Å². The van der Waals surface area contributed by atoms with Gasteiger partial charge in [-0.25, -0.2) is 12.8 Å². The molecule has 20 heavy (non-hydrogen) atoms. The number of benzene rings is 1. The Morgan fingerprint density at radius 3 is 2.75 bits per heavy atom. The van der Waals surface area contributed by atoms with Gasteiger partial charge in [-0.2, -0.15) is 9.57 Å². The van der Waals surface area contributed by atoms with Crippen molar-refractivity contribution in [3.8, 4) is 6.07 Å². The van der Waals surface area contributed by atoms with Crippen molar-refractivity contribution >= 4 is 10.0 Å². The van der Waals surface area contributed by atoms with Gasteiger partial charge in [-0.3, -0.25) is 0 Å². The van der Waals surface area contributed by atoms with Crippen LogP contribution in [0.15, 0.2) is 23.1 Å². The second-order valence-corrected chi connectivity index (χ2v) is 7.14. The smallest absolute Gasteiger partial charge is 0.243 e. The van der Waals surface area contributed by atoms with E-state index in [0.29, 0.717) is 6.61 Å². The van der Waals surface area contributed by atoms with E-state index in [9.17, 15) is 12.8 Å². The maximum Gasteiger partial charge on any atom is 0.243 e. The lowest BCUT2D eigenvalue weighted by atomic mass is 10.1. The van der Waals surface area contributed by atoms with Gasteiger partial charge in [0.1, 0.15) is 11.9 Å². The van der Waals surface area contributed by atoms with Gasteiger partial charge < -0.3 is 4.74 Å². The van der Waals surface area contributed by atoms with Crippen LogP contribution in [0.5, 0.6) is 0 Å². The first-order chi connectivity index (χ1) is 9.26. The molecule has 0 bridgehead atoms. The van der Waals surface area contributed by atoms with Crippen LogP contribution >= 0.6 is 0 Å². The molecule has 0 saturated carbocycles. The minimum atomic E-state index is -3.75. The molecule has 0 radical (unpaired) electrons. The highest BCUT2D eigenvalue weighted by molar-refractivity contribution is 7.89. The number of nitrogens with zero attached hydrogens (tertiary/aromatic N) is 2. The predicted molar refractivity (Wildman–Crippen MR) is 69.9 cm³/mol. The molecule has 1 heterocycles. The monoisotopic (exact) mass is 298 g/mol. The first-order valence-electron chi connectivity index (χ1n) is 6.10. The molecule has 5 nitrogen and oxygen atoms in total. The van der Waals surface area contributed by atoms with Crippen molar-refractivity contribution < 1.29 is 17.5 Å². The standard InChI is InChI=1S/C13H15FN2O3S/c1-13(2)9-16(5-6-19-13)20(17,18)11-3-4-12(14)10(7-11)8-15/h3-4,7H,5-6,9H2,1-2H3. The van der Waals surface area contributed by atoms with Gasteiger partial charge in [0.15, 0.2) is 0 Å². The van der Waals surface area contributed by atoms with Gasteiger partial charge in [0.05, 0.1) is 22.7 Å². The number of sulfonamides is 1. The fourth-order valence-electron chi connectivity index (χ4n) is 2.08. The van der Waals surface area contributed by atoms with Crippen molar-refractivity contribution in [1.82, 2.24) is 4.31 Å². The van der Waals surface area contributed by atoms with Gasteiger partial charge in [0.2, 0.25) is 10.0 Å². The van der Waals surface area contributed by atoms with E-state index in [-0.39, 0.29) is 23.5 Å². The summed E-state index contributed by atoms with van der Waals surface area (Å²) >= 11 is 0. The third-order valence-corrected chi connectivity index (χ3v) is 4.93. The van der Waals surface area contributed by atoms with Gasteiger partial charge >= 0.3 is 0 Å². The summed E-state index contributed by atoms with van der Waals surface area (Å²) in [5.41, 5.74) is -0.845. The highest BCUT2D eigenvalue weighted by Gasteiger charge is 2.35. The van der Waals surface area contributed by atoms with E-state index >= 15 is 0 Å². The molecule has 0 aliphatic carbocycles. The van der Waals surface area contributed by atoms with E-state index in [1.165, 1.54) is 10.4 Å². The fourth-order valence-corrected chi connectivity index (χ4v) is 3.68. The van der Waals surface area contributed by atoms with Crippen LogP contribution in [0, 0.1) is 17.1 Å². The number of hydrogen-bond donors (Lipinski definition) is 0. The first-order valence-corrected chi connectivity index (χ1v) is 7.54. The zero-order valence-corrected chi connectivity index (χ0v) is 12.1. The van der Waals surface area contributed by atoms with Crippen LogP contribution in [0.1, 0.15) is 19.4 Å². The Balaban J connectivity index is 2.38. The number of rotatable bonds is 2. The number of morpholine rings is 1. The largest absolute Gasteiger partial charge is 0.373 e. The molecule has 0 aromatic heterocycles. The van der Waals surface area contributed by atoms with E-state index in [4.69, 9.17) is 10.00 Å². The summed E-state index contributed by atoms with van der Waals surface area (Å²) < 4.78 is 45.0. The van der Waals surface area contributed by atoms with Gasteiger partial charge in [0, 0.05) is 13.1 Å². The molecule has 1 aliphatic rings. The molecule has 0 unspecified atom stereocenters. The second-order valence-electron chi connectivity index (χ2n) is 5.20.